The lowest BCUT2D eigenvalue weighted by Crippen LogP contribution is -2.49. The molecule has 0 saturated carbocycles. The highest BCUT2D eigenvalue weighted by Crippen LogP contribution is 2.38. The molecular formula is C15H16F4N2O. The average Bonchev–Trinajstić information content (AvgIpc) is 2.81. The van der Waals surface area contributed by atoms with E-state index in [9.17, 15) is 22.7 Å². The molecule has 1 aromatic carbocycles. The van der Waals surface area contributed by atoms with E-state index in [-0.39, 0.29) is 29.3 Å². The highest BCUT2D eigenvalue weighted by molar-refractivity contribution is 5.59. The summed E-state index contributed by atoms with van der Waals surface area (Å²) in [5.74, 6) is -0.737. The molecule has 1 aliphatic heterocycles. The molecule has 0 aliphatic carbocycles. The number of rotatable bonds is 2. The second-order valence-corrected chi connectivity index (χ2v) is 5.57. The molecule has 0 aromatic heterocycles. The largest absolute Gasteiger partial charge is 0.416 e. The Morgan fingerprint density at radius 3 is 2.55 bits per heavy atom. The summed E-state index contributed by atoms with van der Waals surface area (Å²) in [4.78, 5) is 1.41. The van der Waals surface area contributed by atoms with E-state index >= 15 is 0 Å². The summed E-state index contributed by atoms with van der Waals surface area (Å²) in [5, 5.41) is 18.4. The van der Waals surface area contributed by atoms with E-state index in [1.165, 1.54) is 24.0 Å². The maximum Gasteiger partial charge on any atom is 0.416 e. The molecule has 0 bridgehead atoms. The first-order valence-electron chi connectivity index (χ1n) is 6.90. The number of nitrogens with zero attached hydrogens (tertiary/aromatic N) is 2. The minimum atomic E-state index is -4.73. The monoisotopic (exact) mass is 316 g/mol. The first-order chi connectivity index (χ1) is 10.2. The number of nitriles is 1. The van der Waals surface area contributed by atoms with Crippen LogP contribution in [-0.2, 0) is 0 Å². The van der Waals surface area contributed by atoms with Gasteiger partial charge in [0.15, 0.2) is 6.10 Å². The van der Waals surface area contributed by atoms with Gasteiger partial charge in [-0.05, 0) is 38.8 Å². The molecule has 3 atom stereocenters. The summed E-state index contributed by atoms with van der Waals surface area (Å²) in [5.41, 5.74) is 0.253. The highest BCUT2D eigenvalue weighted by Gasteiger charge is 2.49. The number of aliphatic hydroxyl groups excluding tert-OH is 1. The molecule has 7 heteroatoms. The Morgan fingerprint density at radius 1 is 1.36 bits per heavy atom. The van der Waals surface area contributed by atoms with Crippen LogP contribution in [0.5, 0.6) is 0 Å². The van der Waals surface area contributed by atoms with Crippen molar-refractivity contribution in [1.29, 1.82) is 5.26 Å². The fourth-order valence-corrected chi connectivity index (χ4v) is 3.00. The minimum absolute atomic E-state index is 0.118. The normalized spacial score (nSPS) is 23.5. The number of aliphatic hydroxyl groups is 1. The van der Waals surface area contributed by atoms with Gasteiger partial charge in [-0.25, -0.2) is 4.39 Å². The molecule has 1 heterocycles. The van der Waals surface area contributed by atoms with Gasteiger partial charge in [-0.3, -0.25) is 0 Å². The standard InChI is InChI=1S/C15H16F4N2O/c1-8-3-5-12(14(22)15(17,18)19)21(8)11-6-4-10(7-20)13(16)9(11)2/h4,6,8,12,14,22H,3,5H2,1-2H3/t8-,12-,14+/m1/s1. The zero-order valence-electron chi connectivity index (χ0n) is 12.2. The Morgan fingerprint density at radius 2 is 2.00 bits per heavy atom. The first kappa shape index (κ1) is 16.6. The van der Waals surface area contributed by atoms with Crippen LogP contribution in [0.3, 0.4) is 0 Å². The van der Waals surface area contributed by atoms with Gasteiger partial charge in [-0.2, -0.15) is 18.4 Å². The summed E-state index contributed by atoms with van der Waals surface area (Å²) in [6.45, 7) is 3.16. The molecule has 22 heavy (non-hydrogen) atoms. The van der Waals surface area contributed by atoms with E-state index in [1.807, 2.05) is 0 Å². The molecule has 0 unspecified atom stereocenters. The molecule has 1 aromatic rings. The smallest absolute Gasteiger partial charge is 0.382 e. The molecule has 1 saturated heterocycles. The van der Waals surface area contributed by atoms with Crippen molar-refractivity contribution < 1.29 is 22.7 Å². The van der Waals surface area contributed by atoms with Crippen LogP contribution in [0, 0.1) is 24.1 Å². The maximum atomic E-state index is 14.1. The van der Waals surface area contributed by atoms with Crippen LogP contribution in [-0.4, -0.2) is 29.5 Å². The van der Waals surface area contributed by atoms with Crippen LogP contribution in [0.25, 0.3) is 0 Å². The molecule has 120 valence electrons. The van der Waals surface area contributed by atoms with Gasteiger partial charge >= 0.3 is 6.18 Å². The molecule has 0 amide bonds. The Hall–Kier alpha value is -1.81. The fourth-order valence-electron chi connectivity index (χ4n) is 3.00. The van der Waals surface area contributed by atoms with E-state index in [2.05, 4.69) is 0 Å². The van der Waals surface area contributed by atoms with E-state index in [0.29, 0.717) is 6.42 Å². The third-order valence-corrected chi connectivity index (χ3v) is 4.17. The van der Waals surface area contributed by atoms with Gasteiger partial charge in [0.1, 0.15) is 11.9 Å². The van der Waals surface area contributed by atoms with Crippen molar-refractivity contribution in [3.8, 4) is 6.07 Å². The predicted octanol–water partition coefficient (Wildman–Crippen LogP) is 3.29. The van der Waals surface area contributed by atoms with Crippen LogP contribution in [0.1, 0.15) is 30.9 Å². The number of benzene rings is 1. The Kier molecular flexibility index (Phi) is 4.34. The Bertz CT molecular complexity index is 609. The summed E-state index contributed by atoms with van der Waals surface area (Å²) >= 11 is 0. The average molecular weight is 316 g/mol. The van der Waals surface area contributed by atoms with E-state index in [0.717, 1.165) is 0 Å². The number of halogens is 4. The quantitative estimate of drug-likeness (QED) is 0.852. The molecule has 0 spiro atoms. The second kappa shape index (κ2) is 5.76. The number of hydrogen-bond donors (Lipinski definition) is 1. The molecule has 1 fully saturated rings. The van der Waals surface area contributed by atoms with E-state index in [1.54, 1.807) is 13.0 Å². The summed E-state index contributed by atoms with van der Waals surface area (Å²) in [6.07, 6.45) is -6.58. The lowest BCUT2D eigenvalue weighted by molar-refractivity contribution is -0.209. The predicted molar refractivity (Wildman–Crippen MR) is 72.9 cm³/mol. The van der Waals surface area contributed by atoms with Crippen LogP contribution in [0.15, 0.2) is 12.1 Å². The van der Waals surface area contributed by atoms with Gasteiger partial charge in [-0.15, -0.1) is 0 Å². The third-order valence-electron chi connectivity index (χ3n) is 4.17. The summed E-state index contributed by atoms with van der Waals surface area (Å²) in [7, 11) is 0. The Labute approximate surface area is 125 Å². The topological polar surface area (TPSA) is 47.3 Å². The van der Waals surface area contributed by atoms with E-state index < -0.39 is 24.1 Å². The number of alkyl halides is 3. The molecule has 1 N–H and O–H groups in total. The van der Waals surface area contributed by atoms with Crippen LogP contribution >= 0.6 is 0 Å². The summed E-state index contributed by atoms with van der Waals surface area (Å²) < 4.78 is 52.5. The van der Waals surface area contributed by atoms with Crippen molar-refractivity contribution in [1.82, 2.24) is 0 Å². The maximum absolute atomic E-state index is 14.1. The van der Waals surface area contributed by atoms with Gasteiger partial charge in [-0.1, -0.05) is 0 Å². The van der Waals surface area contributed by atoms with E-state index in [4.69, 9.17) is 5.26 Å². The van der Waals surface area contributed by atoms with Crippen LogP contribution in [0.4, 0.5) is 23.2 Å². The fraction of sp³-hybridized carbons (Fsp3) is 0.533. The molecular weight excluding hydrogens is 300 g/mol. The molecule has 0 radical (unpaired) electrons. The van der Waals surface area contributed by atoms with Crippen molar-refractivity contribution in [3.05, 3.63) is 29.1 Å². The minimum Gasteiger partial charge on any atom is -0.382 e. The van der Waals surface area contributed by atoms with Gasteiger partial charge in [0, 0.05) is 17.3 Å². The molecule has 3 nitrogen and oxygen atoms in total. The van der Waals surface area contributed by atoms with Crippen molar-refractivity contribution in [2.24, 2.45) is 0 Å². The summed E-state index contributed by atoms with van der Waals surface area (Å²) in [6, 6.07) is 2.98. The zero-order chi connectivity index (χ0) is 16.7. The van der Waals surface area contributed by atoms with Gasteiger partial charge < -0.3 is 10.0 Å². The van der Waals surface area contributed by atoms with Gasteiger partial charge in [0.2, 0.25) is 0 Å². The second-order valence-electron chi connectivity index (χ2n) is 5.57. The lowest BCUT2D eigenvalue weighted by Gasteiger charge is -2.35. The lowest BCUT2D eigenvalue weighted by atomic mass is 10.0. The zero-order valence-corrected chi connectivity index (χ0v) is 12.2. The van der Waals surface area contributed by atoms with Crippen molar-refractivity contribution >= 4 is 5.69 Å². The van der Waals surface area contributed by atoms with Gasteiger partial charge in [0.25, 0.3) is 0 Å². The molecule has 1 aliphatic rings. The SMILES string of the molecule is Cc1c(N2[C@H](C)CC[C@@H]2[C@H](O)C(F)(F)F)ccc(C#N)c1F. The van der Waals surface area contributed by atoms with Crippen molar-refractivity contribution in [3.63, 3.8) is 0 Å². The van der Waals surface area contributed by atoms with Crippen LogP contribution in [0.2, 0.25) is 0 Å². The Balaban J connectivity index is 2.45. The number of hydrogen-bond acceptors (Lipinski definition) is 3. The van der Waals surface area contributed by atoms with Crippen molar-refractivity contribution in [2.75, 3.05) is 4.90 Å². The third kappa shape index (κ3) is 2.75. The number of anilines is 1. The molecule has 2 rings (SSSR count). The van der Waals surface area contributed by atoms with Crippen LogP contribution < -0.4 is 4.90 Å². The van der Waals surface area contributed by atoms with Crippen molar-refractivity contribution in [2.45, 2.75) is 51.1 Å². The van der Waals surface area contributed by atoms with Gasteiger partial charge in [0.05, 0.1) is 11.6 Å². The highest BCUT2D eigenvalue weighted by atomic mass is 19.4. The first-order valence-corrected chi connectivity index (χ1v) is 6.90.